The molecule has 154 valence electrons. The van der Waals surface area contributed by atoms with Crippen molar-refractivity contribution in [2.45, 2.75) is 26.8 Å². The lowest BCUT2D eigenvalue weighted by Gasteiger charge is -2.29. The zero-order valence-electron chi connectivity index (χ0n) is 16.8. The summed E-state index contributed by atoms with van der Waals surface area (Å²) in [4.78, 5) is 36.9. The van der Waals surface area contributed by atoms with Crippen molar-refractivity contribution in [3.8, 4) is 0 Å². The summed E-state index contributed by atoms with van der Waals surface area (Å²) in [5, 5.41) is 5.53. The number of carbonyl (C=O) groups is 3. The lowest BCUT2D eigenvalue weighted by Crippen LogP contribution is -2.47. The first kappa shape index (κ1) is 22.3. The number of rotatable bonds is 6. The number of nitrogens with zero attached hydrogens (tertiary/aromatic N) is 1. The number of carbonyl (C=O) groups excluding carboxylic acids is 3. The highest BCUT2D eigenvalue weighted by Crippen LogP contribution is 2.20. The van der Waals surface area contributed by atoms with E-state index in [2.05, 4.69) is 28.2 Å². The standard InChI is InChI=1S/C21H25N3O4S/c1-13(2)18(19(25)23-17-8-6-5-7-14(17)3)24(29)21(27)22-16-11-9-15(10-12-16)20(26)28-4/h5-13,18,29H,1-4H3,(H,22,27)(H,23,25). The highest BCUT2D eigenvalue weighted by molar-refractivity contribution is 7.78. The van der Waals surface area contributed by atoms with Crippen molar-refractivity contribution in [3.05, 3.63) is 59.7 Å². The minimum absolute atomic E-state index is 0.177. The Hall–Kier alpha value is -3.00. The van der Waals surface area contributed by atoms with Gasteiger partial charge in [0.15, 0.2) is 0 Å². The topological polar surface area (TPSA) is 87.7 Å². The van der Waals surface area contributed by atoms with Crippen LogP contribution in [0.25, 0.3) is 0 Å². The van der Waals surface area contributed by atoms with Crippen molar-refractivity contribution in [2.75, 3.05) is 17.7 Å². The van der Waals surface area contributed by atoms with Gasteiger partial charge in [0.1, 0.15) is 6.04 Å². The Bertz CT molecular complexity index is 884. The first-order chi connectivity index (χ1) is 13.7. The largest absolute Gasteiger partial charge is 0.465 e. The molecule has 0 aliphatic rings. The Balaban J connectivity index is 2.10. The van der Waals surface area contributed by atoms with Crippen molar-refractivity contribution < 1.29 is 19.1 Å². The fourth-order valence-electron chi connectivity index (χ4n) is 2.73. The third-order valence-electron chi connectivity index (χ3n) is 4.33. The average Bonchev–Trinajstić information content (AvgIpc) is 2.69. The predicted molar refractivity (Wildman–Crippen MR) is 116 cm³/mol. The molecule has 0 aliphatic carbocycles. The van der Waals surface area contributed by atoms with E-state index in [0.717, 1.165) is 9.87 Å². The van der Waals surface area contributed by atoms with Crippen LogP contribution in [-0.2, 0) is 9.53 Å². The van der Waals surface area contributed by atoms with E-state index in [1.807, 2.05) is 39.0 Å². The molecule has 2 aromatic carbocycles. The molecule has 29 heavy (non-hydrogen) atoms. The van der Waals surface area contributed by atoms with Gasteiger partial charge in [0.05, 0.1) is 12.7 Å². The first-order valence-electron chi connectivity index (χ1n) is 9.08. The van der Waals surface area contributed by atoms with E-state index < -0.39 is 18.0 Å². The lowest BCUT2D eigenvalue weighted by molar-refractivity contribution is -0.120. The van der Waals surface area contributed by atoms with Crippen molar-refractivity contribution >= 4 is 42.1 Å². The van der Waals surface area contributed by atoms with Crippen LogP contribution >= 0.6 is 12.8 Å². The van der Waals surface area contributed by atoms with Gasteiger partial charge in [-0.3, -0.25) is 9.10 Å². The molecular formula is C21H25N3O4S. The molecule has 1 unspecified atom stereocenters. The summed E-state index contributed by atoms with van der Waals surface area (Å²) in [6, 6.07) is 12.3. The molecule has 2 rings (SSSR count). The zero-order chi connectivity index (χ0) is 21.6. The first-order valence-corrected chi connectivity index (χ1v) is 9.48. The number of hydrogen-bond acceptors (Lipinski definition) is 5. The number of amides is 3. The van der Waals surface area contributed by atoms with Crippen molar-refractivity contribution in [1.82, 2.24) is 4.31 Å². The number of esters is 1. The third-order valence-corrected chi connectivity index (χ3v) is 4.76. The van der Waals surface area contributed by atoms with E-state index >= 15 is 0 Å². The van der Waals surface area contributed by atoms with Gasteiger partial charge in [0.2, 0.25) is 5.91 Å². The van der Waals surface area contributed by atoms with Gasteiger partial charge in [-0.15, -0.1) is 0 Å². The van der Waals surface area contributed by atoms with Crippen molar-refractivity contribution in [2.24, 2.45) is 5.92 Å². The normalized spacial score (nSPS) is 11.5. The fraction of sp³-hybridized carbons (Fsp3) is 0.286. The van der Waals surface area contributed by atoms with E-state index in [0.29, 0.717) is 16.9 Å². The summed E-state index contributed by atoms with van der Waals surface area (Å²) in [6.07, 6.45) is 0. The minimum Gasteiger partial charge on any atom is -0.465 e. The van der Waals surface area contributed by atoms with Gasteiger partial charge in [-0.25, -0.2) is 9.59 Å². The summed E-state index contributed by atoms with van der Waals surface area (Å²) in [6.45, 7) is 5.57. The molecule has 3 amide bonds. The van der Waals surface area contributed by atoms with E-state index in [-0.39, 0.29) is 11.8 Å². The van der Waals surface area contributed by atoms with Crippen LogP contribution < -0.4 is 10.6 Å². The van der Waals surface area contributed by atoms with Crippen LogP contribution in [0.4, 0.5) is 16.2 Å². The molecule has 1 atom stereocenters. The summed E-state index contributed by atoms with van der Waals surface area (Å²) >= 11 is 4.28. The highest BCUT2D eigenvalue weighted by atomic mass is 32.1. The second kappa shape index (κ2) is 9.97. The number of anilines is 2. The van der Waals surface area contributed by atoms with Crippen LogP contribution in [0, 0.1) is 12.8 Å². The van der Waals surface area contributed by atoms with E-state index in [9.17, 15) is 14.4 Å². The van der Waals surface area contributed by atoms with Crippen LogP contribution in [-0.4, -0.2) is 35.4 Å². The SMILES string of the molecule is COC(=O)c1ccc(NC(=O)N(S)C(C(=O)Nc2ccccc2C)C(C)C)cc1. The smallest absolute Gasteiger partial charge is 0.337 e. The molecule has 2 aromatic rings. The summed E-state index contributed by atoms with van der Waals surface area (Å²) < 4.78 is 5.72. The molecule has 0 saturated heterocycles. The van der Waals surface area contributed by atoms with Crippen LogP contribution in [0.5, 0.6) is 0 Å². The fourth-order valence-corrected chi connectivity index (χ4v) is 3.15. The molecule has 2 N–H and O–H groups in total. The molecule has 0 fully saturated rings. The summed E-state index contributed by atoms with van der Waals surface area (Å²) in [5.41, 5.74) is 2.43. The molecular weight excluding hydrogens is 390 g/mol. The van der Waals surface area contributed by atoms with E-state index in [4.69, 9.17) is 0 Å². The molecule has 0 radical (unpaired) electrons. The molecule has 0 saturated carbocycles. The number of ether oxygens (including phenoxy) is 1. The van der Waals surface area contributed by atoms with Crippen molar-refractivity contribution in [3.63, 3.8) is 0 Å². The lowest BCUT2D eigenvalue weighted by atomic mass is 10.0. The Kier molecular flexibility index (Phi) is 7.67. The second-order valence-corrected chi connectivity index (χ2v) is 7.27. The van der Waals surface area contributed by atoms with Crippen molar-refractivity contribution in [1.29, 1.82) is 0 Å². The molecule has 7 nitrogen and oxygen atoms in total. The monoisotopic (exact) mass is 415 g/mol. The number of para-hydroxylation sites is 1. The number of urea groups is 1. The molecule has 0 aliphatic heterocycles. The van der Waals surface area contributed by atoms with Gasteiger partial charge in [0, 0.05) is 11.4 Å². The number of hydrogen-bond donors (Lipinski definition) is 3. The minimum atomic E-state index is -0.799. The van der Waals surface area contributed by atoms with Gasteiger partial charge in [-0.2, -0.15) is 0 Å². The van der Waals surface area contributed by atoms with Gasteiger partial charge in [-0.1, -0.05) is 44.9 Å². The second-order valence-electron chi connectivity index (χ2n) is 6.84. The highest BCUT2D eigenvalue weighted by Gasteiger charge is 2.31. The maximum Gasteiger partial charge on any atom is 0.337 e. The molecule has 0 spiro atoms. The quantitative estimate of drug-likeness (QED) is 0.489. The van der Waals surface area contributed by atoms with Gasteiger partial charge in [-0.05, 0) is 48.7 Å². The van der Waals surface area contributed by atoms with Gasteiger partial charge >= 0.3 is 12.0 Å². The number of thiol groups is 1. The Morgan fingerprint density at radius 1 is 1.00 bits per heavy atom. The van der Waals surface area contributed by atoms with E-state index in [1.165, 1.54) is 19.2 Å². The Morgan fingerprint density at radius 3 is 2.17 bits per heavy atom. The number of benzene rings is 2. The van der Waals surface area contributed by atoms with Crippen LogP contribution in [0.2, 0.25) is 0 Å². The predicted octanol–water partition coefficient (Wildman–Crippen LogP) is 4.12. The summed E-state index contributed by atoms with van der Waals surface area (Å²) in [5.74, 6) is -0.976. The van der Waals surface area contributed by atoms with Crippen LogP contribution in [0.15, 0.2) is 48.5 Å². The third kappa shape index (κ3) is 5.74. The average molecular weight is 416 g/mol. The molecule has 0 aromatic heterocycles. The number of methoxy groups -OCH3 is 1. The Labute approximate surface area is 176 Å². The van der Waals surface area contributed by atoms with Crippen LogP contribution in [0.3, 0.4) is 0 Å². The maximum atomic E-state index is 12.8. The number of aryl methyl sites for hydroxylation is 1. The number of nitrogens with one attached hydrogen (secondary N) is 2. The zero-order valence-corrected chi connectivity index (χ0v) is 17.7. The summed E-state index contributed by atoms with van der Waals surface area (Å²) in [7, 11) is 1.30. The Morgan fingerprint density at radius 2 is 1.62 bits per heavy atom. The van der Waals surface area contributed by atoms with Gasteiger partial charge < -0.3 is 15.4 Å². The maximum absolute atomic E-state index is 12.8. The molecule has 0 bridgehead atoms. The van der Waals surface area contributed by atoms with Crippen LogP contribution in [0.1, 0.15) is 29.8 Å². The molecule has 0 heterocycles. The van der Waals surface area contributed by atoms with E-state index in [1.54, 1.807) is 18.2 Å². The molecule has 8 heteroatoms. The van der Waals surface area contributed by atoms with Gasteiger partial charge in [0.25, 0.3) is 0 Å².